The number of ether oxygens (including phenoxy) is 2. The molecule has 0 bridgehead atoms. The summed E-state index contributed by atoms with van der Waals surface area (Å²) in [5.74, 6) is 0. The molecule has 2 N–H and O–H groups in total. The molecule has 6 nitrogen and oxygen atoms in total. The molecule has 0 aliphatic heterocycles. The maximum atomic E-state index is 13.8. The minimum atomic E-state index is -3.44. The third-order valence-corrected chi connectivity index (χ3v) is 7.79. The summed E-state index contributed by atoms with van der Waals surface area (Å²) < 4.78 is 37.3. The topological polar surface area (TPSA) is 80.0 Å². The van der Waals surface area contributed by atoms with E-state index in [1.807, 2.05) is 97.1 Å². The SMILES string of the molecule is CCC/C=C/[C@@H](OCOCc1ccccc1)[C@@H](N)CCP(=O)(OCc1ccccc1)OCc1ccccc1. The summed E-state index contributed by atoms with van der Waals surface area (Å²) in [6.07, 6.45) is 6.20. The first-order chi connectivity index (χ1) is 18.6. The van der Waals surface area contributed by atoms with E-state index in [0.29, 0.717) is 13.0 Å². The summed E-state index contributed by atoms with van der Waals surface area (Å²) in [6, 6.07) is 28.8. The predicted molar refractivity (Wildman–Crippen MR) is 153 cm³/mol. The van der Waals surface area contributed by atoms with Gasteiger partial charge in [-0.15, -0.1) is 0 Å². The van der Waals surface area contributed by atoms with E-state index in [-0.39, 0.29) is 32.3 Å². The Bertz CT molecular complexity index is 1050. The lowest BCUT2D eigenvalue weighted by atomic mass is 10.1. The Balaban J connectivity index is 1.58. The van der Waals surface area contributed by atoms with E-state index in [1.165, 1.54) is 0 Å². The number of hydrogen-bond donors (Lipinski definition) is 1. The highest BCUT2D eigenvalue weighted by atomic mass is 31.2. The van der Waals surface area contributed by atoms with Crippen molar-refractivity contribution in [2.24, 2.45) is 5.73 Å². The van der Waals surface area contributed by atoms with Crippen molar-refractivity contribution in [2.75, 3.05) is 13.0 Å². The molecule has 0 amide bonds. The second-order valence-corrected chi connectivity index (χ2v) is 11.3. The number of unbranched alkanes of at least 4 members (excludes halogenated alkanes) is 1. The fourth-order valence-electron chi connectivity index (χ4n) is 3.71. The largest absolute Gasteiger partial charge is 0.351 e. The van der Waals surface area contributed by atoms with Crippen LogP contribution in [-0.2, 0) is 42.9 Å². The van der Waals surface area contributed by atoms with Crippen molar-refractivity contribution < 1.29 is 23.1 Å². The number of hydrogen-bond acceptors (Lipinski definition) is 6. The third-order valence-electron chi connectivity index (χ3n) is 5.94. The van der Waals surface area contributed by atoms with Crippen LogP contribution in [0.15, 0.2) is 103 Å². The van der Waals surface area contributed by atoms with Crippen molar-refractivity contribution in [1.29, 1.82) is 0 Å². The van der Waals surface area contributed by atoms with Crippen molar-refractivity contribution in [2.45, 2.75) is 58.2 Å². The minimum Gasteiger partial charge on any atom is -0.351 e. The summed E-state index contributed by atoms with van der Waals surface area (Å²) in [5, 5.41) is 0. The normalized spacial score (nSPS) is 13.5. The Kier molecular flexibility index (Phi) is 13.5. The second-order valence-electron chi connectivity index (χ2n) is 9.11. The van der Waals surface area contributed by atoms with Crippen LogP contribution in [0.25, 0.3) is 0 Å². The van der Waals surface area contributed by atoms with Crippen LogP contribution in [0.2, 0.25) is 0 Å². The predicted octanol–water partition coefficient (Wildman–Crippen LogP) is 7.25. The summed E-state index contributed by atoms with van der Waals surface area (Å²) in [6.45, 7) is 3.08. The molecule has 0 unspecified atom stereocenters. The molecule has 0 heterocycles. The summed E-state index contributed by atoms with van der Waals surface area (Å²) in [7, 11) is -3.44. The zero-order valence-corrected chi connectivity index (χ0v) is 23.1. The highest BCUT2D eigenvalue weighted by Gasteiger charge is 2.28. The molecule has 7 heteroatoms. The van der Waals surface area contributed by atoms with Crippen LogP contribution in [0.3, 0.4) is 0 Å². The molecule has 0 aliphatic rings. The van der Waals surface area contributed by atoms with Gasteiger partial charge in [-0.25, -0.2) is 0 Å². The van der Waals surface area contributed by atoms with Crippen LogP contribution in [0.4, 0.5) is 0 Å². The van der Waals surface area contributed by atoms with Gasteiger partial charge < -0.3 is 24.3 Å². The summed E-state index contributed by atoms with van der Waals surface area (Å²) in [4.78, 5) is 0. The molecule has 3 rings (SSSR count). The molecule has 2 atom stereocenters. The molecule has 204 valence electrons. The Hall–Kier alpha value is -2.57. The molecule has 0 saturated carbocycles. The number of rotatable bonds is 18. The van der Waals surface area contributed by atoms with Crippen LogP contribution in [0.5, 0.6) is 0 Å². The van der Waals surface area contributed by atoms with Gasteiger partial charge in [-0.3, -0.25) is 4.57 Å². The van der Waals surface area contributed by atoms with Crippen molar-refractivity contribution in [3.05, 3.63) is 120 Å². The maximum absolute atomic E-state index is 13.8. The van der Waals surface area contributed by atoms with E-state index >= 15 is 0 Å². The van der Waals surface area contributed by atoms with Gasteiger partial charge >= 0.3 is 7.60 Å². The average Bonchev–Trinajstić information content (AvgIpc) is 2.97. The standard InChI is InChI=1S/C31H40NO5P/c1-2-3-7-20-31(35-26-34-23-27-14-8-4-9-15-27)30(32)21-22-38(33,36-24-28-16-10-5-11-17-28)37-25-29-18-12-6-13-19-29/h4-20,30-31H,2-3,21-26,32H2,1H3/b20-7+/t30-,31+/m0/s1. The lowest BCUT2D eigenvalue weighted by Crippen LogP contribution is -2.37. The van der Waals surface area contributed by atoms with Gasteiger partial charge in [0, 0.05) is 6.04 Å². The zero-order chi connectivity index (χ0) is 26.9. The molecular weight excluding hydrogens is 497 g/mol. The molecule has 0 aliphatic carbocycles. The number of allylic oxidation sites excluding steroid dienone is 1. The van der Waals surface area contributed by atoms with Crippen LogP contribution >= 0.6 is 7.60 Å². The van der Waals surface area contributed by atoms with Gasteiger partial charge in [0.25, 0.3) is 0 Å². The maximum Gasteiger partial charge on any atom is 0.331 e. The van der Waals surface area contributed by atoms with Crippen molar-refractivity contribution in [3.63, 3.8) is 0 Å². The van der Waals surface area contributed by atoms with Gasteiger partial charge in [-0.1, -0.05) is 116 Å². The summed E-state index contributed by atoms with van der Waals surface area (Å²) >= 11 is 0. The minimum absolute atomic E-state index is 0.108. The molecule has 0 saturated heterocycles. The second kappa shape index (κ2) is 17.1. The van der Waals surface area contributed by atoms with E-state index in [9.17, 15) is 4.57 Å². The Morgan fingerprint density at radius 1 is 0.789 bits per heavy atom. The van der Waals surface area contributed by atoms with E-state index in [1.54, 1.807) is 0 Å². The number of benzene rings is 3. The first kappa shape index (κ1) is 30.0. The van der Waals surface area contributed by atoms with Gasteiger partial charge in [-0.05, 0) is 29.5 Å². The Labute approximate surface area is 227 Å². The van der Waals surface area contributed by atoms with Crippen molar-refractivity contribution in [1.82, 2.24) is 0 Å². The molecule has 0 spiro atoms. The monoisotopic (exact) mass is 537 g/mol. The smallest absolute Gasteiger partial charge is 0.331 e. The van der Waals surface area contributed by atoms with Gasteiger partial charge in [-0.2, -0.15) is 0 Å². The highest BCUT2D eigenvalue weighted by Crippen LogP contribution is 2.50. The zero-order valence-electron chi connectivity index (χ0n) is 22.2. The van der Waals surface area contributed by atoms with E-state index in [4.69, 9.17) is 24.3 Å². The molecule has 0 fully saturated rings. The van der Waals surface area contributed by atoms with Crippen LogP contribution in [0.1, 0.15) is 42.9 Å². The van der Waals surface area contributed by atoms with E-state index in [2.05, 4.69) is 13.0 Å². The lowest BCUT2D eigenvalue weighted by molar-refractivity contribution is -0.0881. The molecule has 3 aromatic carbocycles. The van der Waals surface area contributed by atoms with Crippen molar-refractivity contribution >= 4 is 7.60 Å². The lowest BCUT2D eigenvalue weighted by Gasteiger charge is -2.24. The van der Waals surface area contributed by atoms with Gasteiger partial charge in [0.15, 0.2) is 0 Å². The molecule has 38 heavy (non-hydrogen) atoms. The summed E-state index contributed by atoms with van der Waals surface area (Å²) in [5.41, 5.74) is 9.49. The van der Waals surface area contributed by atoms with Crippen molar-refractivity contribution in [3.8, 4) is 0 Å². The molecule has 0 radical (unpaired) electrons. The van der Waals surface area contributed by atoms with Crippen LogP contribution in [-0.4, -0.2) is 25.1 Å². The fraction of sp³-hybridized carbons (Fsp3) is 0.355. The Morgan fingerprint density at radius 3 is 1.79 bits per heavy atom. The number of nitrogens with two attached hydrogens (primary N) is 1. The molecule has 3 aromatic rings. The van der Waals surface area contributed by atoms with Gasteiger partial charge in [0.05, 0.1) is 32.1 Å². The van der Waals surface area contributed by atoms with Crippen LogP contribution < -0.4 is 5.73 Å². The average molecular weight is 538 g/mol. The van der Waals surface area contributed by atoms with Crippen LogP contribution in [0, 0.1) is 0 Å². The first-order valence-electron chi connectivity index (χ1n) is 13.2. The van der Waals surface area contributed by atoms with Gasteiger partial charge in [0.1, 0.15) is 6.79 Å². The Morgan fingerprint density at radius 2 is 1.29 bits per heavy atom. The molecular formula is C31H40NO5P. The first-order valence-corrected chi connectivity index (χ1v) is 14.9. The van der Waals surface area contributed by atoms with Gasteiger partial charge in [0.2, 0.25) is 0 Å². The van der Waals surface area contributed by atoms with E-state index < -0.39 is 13.6 Å². The third kappa shape index (κ3) is 11.4. The fourth-order valence-corrected chi connectivity index (χ4v) is 5.35. The molecule has 0 aromatic heterocycles. The quantitative estimate of drug-likeness (QED) is 0.0797. The van der Waals surface area contributed by atoms with E-state index in [0.717, 1.165) is 29.5 Å². The highest BCUT2D eigenvalue weighted by molar-refractivity contribution is 7.53.